The molecular formula is C51H35N3. The number of hydrogen-bond acceptors (Lipinski definition) is 1. The maximum Gasteiger partial charge on any atom is 0.0543 e. The summed E-state index contributed by atoms with van der Waals surface area (Å²) in [5.41, 5.74) is 24.5. The van der Waals surface area contributed by atoms with Gasteiger partial charge in [0, 0.05) is 44.7 Å². The topological polar surface area (TPSA) is 35.9 Å². The van der Waals surface area contributed by atoms with Crippen molar-refractivity contribution < 1.29 is 0 Å². The van der Waals surface area contributed by atoms with Crippen molar-refractivity contribution in [2.24, 2.45) is 5.73 Å². The normalized spacial score (nSPS) is 13.0. The van der Waals surface area contributed by atoms with Gasteiger partial charge in [-0.1, -0.05) is 121 Å². The molecule has 1 aliphatic carbocycles. The van der Waals surface area contributed by atoms with E-state index in [9.17, 15) is 0 Å². The molecule has 2 N–H and O–H groups in total. The summed E-state index contributed by atoms with van der Waals surface area (Å²) in [6.45, 7) is 0. The van der Waals surface area contributed by atoms with E-state index in [2.05, 4.69) is 191 Å². The number of aromatic nitrogens is 2. The van der Waals surface area contributed by atoms with Gasteiger partial charge in [-0.15, -0.1) is 0 Å². The van der Waals surface area contributed by atoms with Crippen LogP contribution in [0, 0.1) is 0 Å². The molecule has 10 aromatic rings. The Labute approximate surface area is 313 Å². The predicted molar refractivity (Wildman–Crippen MR) is 227 cm³/mol. The summed E-state index contributed by atoms with van der Waals surface area (Å²) in [5, 5.41) is 5.00. The van der Waals surface area contributed by atoms with E-state index in [1.807, 2.05) is 0 Å². The maximum atomic E-state index is 6.29. The van der Waals surface area contributed by atoms with Gasteiger partial charge in [0.25, 0.3) is 0 Å². The van der Waals surface area contributed by atoms with Crippen LogP contribution >= 0.6 is 0 Å². The summed E-state index contributed by atoms with van der Waals surface area (Å²) in [7, 11) is 0. The van der Waals surface area contributed by atoms with E-state index in [-0.39, 0.29) is 0 Å². The van der Waals surface area contributed by atoms with E-state index < -0.39 is 0 Å². The minimum atomic E-state index is 0.808. The third-order valence-electron chi connectivity index (χ3n) is 11.4. The molecule has 8 aromatic carbocycles. The molecule has 3 heteroatoms. The molecule has 0 radical (unpaired) electrons. The summed E-state index contributed by atoms with van der Waals surface area (Å²) >= 11 is 0. The van der Waals surface area contributed by atoms with Crippen LogP contribution in [0.2, 0.25) is 0 Å². The molecule has 0 saturated carbocycles. The minimum absolute atomic E-state index is 0.808. The van der Waals surface area contributed by atoms with Crippen LogP contribution in [0.15, 0.2) is 188 Å². The van der Waals surface area contributed by atoms with Crippen LogP contribution in [0.25, 0.3) is 82.8 Å². The molecule has 54 heavy (non-hydrogen) atoms. The Morgan fingerprint density at radius 1 is 0.407 bits per heavy atom. The molecule has 0 spiro atoms. The molecule has 2 aromatic heterocycles. The van der Waals surface area contributed by atoms with Gasteiger partial charge in [0.2, 0.25) is 0 Å². The Morgan fingerprint density at radius 3 is 1.65 bits per heavy atom. The van der Waals surface area contributed by atoms with E-state index in [1.165, 1.54) is 93.8 Å². The smallest absolute Gasteiger partial charge is 0.0543 e. The summed E-state index contributed by atoms with van der Waals surface area (Å²) in [5.74, 6) is 0. The fourth-order valence-electron chi connectivity index (χ4n) is 8.99. The van der Waals surface area contributed by atoms with Gasteiger partial charge in [-0.2, -0.15) is 0 Å². The van der Waals surface area contributed by atoms with Crippen molar-refractivity contribution >= 4 is 49.2 Å². The molecule has 2 heterocycles. The second-order valence-electron chi connectivity index (χ2n) is 14.3. The summed E-state index contributed by atoms with van der Waals surface area (Å²) in [4.78, 5) is 0. The molecule has 0 unspecified atom stereocenters. The first-order valence-electron chi connectivity index (χ1n) is 18.6. The van der Waals surface area contributed by atoms with Gasteiger partial charge in [-0.25, -0.2) is 0 Å². The van der Waals surface area contributed by atoms with Gasteiger partial charge in [-0.3, -0.25) is 0 Å². The van der Waals surface area contributed by atoms with Crippen LogP contribution in [0.3, 0.4) is 0 Å². The zero-order valence-electron chi connectivity index (χ0n) is 29.6. The minimum Gasteiger partial charge on any atom is -0.404 e. The lowest BCUT2D eigenvalue weighted by atomic mass is 9.93. The van der Waals surface area contributed by atoms with Crippen molar-refractivity contribution in [2.75, 3.05) is 0 Å². The molecule has 0 amide bonds. The number of rotatable bonds is 5. The number of benzene rings is 8. The molecule has 0 saturated heterocycles. The third kappa shape index (κ3) is 4.55. The van der Waals surface area contributed by atoms with E-state index in [1.54, 1.807) is 6.20 Å². The van der Waals surface area contributed by atoms with Gasteiger partial charge >= 0.3 is 0 Å². The van der Waals surface area contributed by atoms with Crippen LogP contribution < -0.4 is 5.73 Å². The molecule has 254 valence electrons. The van der Waals surface area contributed by atoms with Gasteiger partial charge < -0.3 is 14.9 Å². The SMILES string of the molecule is N/C=C1/c2ccccc2-c2cccc(Cc3ccc4c5cc(-c6ccc7c(c6)c6ccccc6n7-c6ccccc6)ccc5n(-c5ccccc5)c4c3)c21. The molecule has 0 aliphatic heterocycles. The number of para-hydroxylation sites is 3. The Kier molecular flexibility index (Phi) is 6.77. The lowest BCUT2D eigenvalue weighted by Gasteiger charge is -2.12. The van der Waals surface area contributed by atoms with E-state index in [0.717, 1.165) is 17.7 Å². The zero-order chi connectivity index (χ0) is 35.8. The van der Waals surface area contributed by atoms with E-state index in [0.29, 0.717) is 0 Å². The molecule has 3 nitrogen and oxygen atoms in total. The molecule has 11 rings (SSSR count). The molecule has 0 bridgehead atoms. The van der Waals surface area contributed by atoms with Crippen LogP contribution in [-0.4, -0.2) is 9.13 Å². The largest absolute Gasteiger partial charge is 0.404 e. The maximum absolute atomic E-state index is 6.29. The Bertz CT molecular complexity index is 3120. The highest BCUT2D eigenvalue weighted by atomic mass is 15.0. The quantitative estimate of drug-likeness (QED) is 0.192. The lowest BCUT2D eigenvalue weighted by molar-refractivity contribution is 1.15. The van der Waals surface area contributed by atoms with Gasteiger partial charge in [0.15, 0.2) is 0 Å². The summed E-state index contributed by atoms with van der Waals surface area (Å²) in [6.07, 6.45) is 2.59. The van der Waals surface area contributed by atoms with Gasteiger partial charge in [0.1, 0.15) is 0 Å². The zero-order valence-corrected chi connectivity index (χ0v) is 29.6. The van der Waals surface area contributed by atoms with Crippen molar-refractivity contribution in [2.45, 2.75) is 6.42 Å². The van der Waals surface area contributed by atoms with Gasteiger partial charge in [-0.05, 0) is 112 Å². The number of nitrogens with zero attached hydrogens (tertiary/aromatic N) is 2. The number of fused-ring (bicyclic) bond motifs is 9. The standard InChI is InChI=1S/C51H35N3/c52-32-46-40-18-8-7-17-39(40)43-20-11-12-36(51(43)46)28-33-22-25-42-45-31-35(24-27-49(45)54(50(42)29-33)38-15-5-2-6-16-38)34-23-26-48-44(30-34)41-19-9-10-21-47(41)53(48)37-13-3-1-4-14-37/h1-27,29-32H,28,52H2/b46-32-. The second kappa shape index (κ2) is 12.0. The predicted octanol–water partition coefficient (Wildman–Crippen LogP) is 12.5. The fourth-order valence-corrected chi connectivity index (χ4v) is 8.99. The number of nitrogens with two attached hydrogens (primary N) is 1. The van der Waals surface area contributed by atoms with E-state index >= 15 is 0 Å². The van der Waals surface area contributed by atoms with Crippen molar-refractivity contribution in [3.8, 4) is 33.6 Å². The van der Waals surface area contributed by atoms with Crippen LogP contribution in [0.4, 0.5) is 0 Å². The van der Waals surface area contributed by atoms with E-state index in [4.69, 9.17) is 5.73 Å². The average molecular weight is 690 g/mol. The highest BCUT2D eigenvalue weighted by Gasteiger charge is 2.25. The van der Waals surface area contributed by atoms with Crippen molar-refractivity contribution in [1.29, 1.82) is 0 Å². The third-order valence-corrected chi connectivity index (χ3v) is 11.4. The lowest BCUT2D eigenvalue weighted by Crippen LogP contribution is -1.97. The average Bonchev–Trinajstić information content (AvgIpc) is 3.86. The first-order valence-corrected chi connectivity index (χ1v) is 18.6. The first kappa shape index (κ1) is 30.5. The molecular weight excluding hydrogens is 655 g/mol. The summed E-state index contributed by atoms with van der Waals surface area (Å²) in [6, 6.07) is 66.3. The Morgan fingerprint density at radius 2 is 0.963 bits per heavy atom. The molecule has 0 fully saturated rings. The Hall–Kier alpha value is -7.10. The fraction of sp³-hybridized carbons (Fsp3) is 0.0196. The summed E-state index contributed by atoms with van der Waals surface area (Å²) < 4.78 is 4.80. The van der Waals surface area contributed by atoms with Crippen molar-refractivity contribution in [3.05, 3.63) is 210 Å². The Balaban J connectivity index is 1.06. The molecule has 0 atom stereocenters. The highest BCUT2D eigenvalue weighted by molar-refractivity contribution is 6.13. The second-order valence-corrected chi connectivity index (χ2v) is 14.3. The van der Waals surface area contributed by atoms with Crippen LogP contribution in [0.5, 0.6) is 0 Å². The van der Waals surface area contributed by atoms with Crippen LogP contribution in [-0.2, 0) is 6.42 Å². The van der Waals surface area contributed by atoms with Crippen molar-refractivity contribution in [3.63, 3.8) is 0 Å². The molecule has 1 aliphatic rings. The number of hydrogen-bond donors (Lipinski definition) is 1. The van der Waals surface area contributed by atoms with Gasteiger partial charge in [0.05, 0.1) is 22.1 Å². The highest BCUT2D eigenvalue weighted by Crippen LogP contribution is 2.46. The first-order chi connectivity index (χ1) is 26.7. The monoisotopic (exact) mass is 689 g/mol. The van der Waals surface area contributed by atoms with Crippen LogP contribution in [0.1, 0.15) is 22.3 Å². The van der Waals surface area contributed by atoms with Crippen molar-refractivity contribution in [1.82, 2.24) is 9.13 Å².